The summed E-state index contributed by atoms with van der Waals surface area (Å²) in [7, 11) is 1.59. The lowest BCUT2D eigenvalue weighted by Gasteiger charge is -2.19. The number of ether oxygens (including phenoxy) is 1. The number of halogens is 1. The molecular formula is C17H16FN3O2. The summed E-state index contributed by atoms with van der Waals surface area (Å²) in [5.74, 6) is 0.794. The number of rotatable bonds is 4. The molecule has 0 saturated heterocycles. The van der Waals surface area contributed by atoms with Gasteiger partial charge in [-0.2, -0.15) is 0 Å². The zero-order valence-electron chi connectivity index (χ0n) is 12.6. The highest BCUT2D eigenvalue weighted by Gasteiger charge is 2.25. The van der Waals surface area contributed by atoms with Crippen LogP contribution < -0.4 is 10.1 Å². The van der Waals surface area contributed by atoms with Crippen molar-refractivity contribution in [2.75, 3.05) is 19.0 Å². The molecule has 0 fully saturated rings. The Morgan fingerprint density at radius 1 is 1.26 bits per heavy atom. The first-order chi connectivity index (χ1) is 11.2. The molecule has 0 atom stereocenters. The molecule has 0 unspecified atom stereocenters. The van der Waals surface area contributed by atoms with Crippen LogP contribution in [0.2, 0.25) is 0 Å². The first kappa shape index (κ1) is 15.0. The lowest BCUT2D eigenvalue weighted by molar-refractivity contribution is -0.125. The number of nitrogens with zero attached hydrogens (tertiary/aromatic N) is 2. The third kappa shape index (κ3) is 3.48. The SMILES string of the molecule is COc1cccc(NC2=NCC(=O)N2Cc2ccc(F)cc2)c1. The summed E-state index contributed by atoms with van der Waals surface area (Å²) >= 11 is 0. The van der Waals surface area contributed by atoms with E-state index in [2.05, 4.69) is 10.3 Å². The standard InChI is InChI=1S/C17H16FN3O2/c1-23-15-4-2-3-14(9-15)20-17-19-10-16(22)21(17)11-12-5-7-13(18)8-6-12/h2-9H,10-11H2,1H3,(H,19,20). The summed E-state index contributed by atoms with van der Waals surface area (Å²) < 4.78 is 18.2. The largest absolute Gasteiger partial charge is 0.497 e. The first-order valence-corrected chi connectivity index (χ1v) is 7.16. The van der Waals surface area contributed by atoms with Gasteiger partial charge in [0.2, 0.25) is 5.96 Å². The van der Waals surface area contributed by atoms with Gasteiger partial charge in [0, 0.05) is 11.8 Å². The topological polar surface area (TPSA) is 53.9 Å². The summed E-state index contributed by atoms with van der Waals surface area (Å²) in [6.07, 6.45) is 0. The molecule has 0 aromatic heterocycles. The third-order valence-corrected chi connectivity index (χ3v) is 3.50. The molecule has 1 heterocycles. The van der Waals surface area contributed by atoms with Crippen LogP contribution in [0.5, 0.6) is 5.75 Å². The smallest absolute Gasteiger partial charge is 0.251 e. The van der Waals surface area contributed by atoms with Gasteiger partial charge in [-0.15, -0.1) is 0 Å². The molecule has 23 heavy (non-hydrogen) atoms. The van der Waals surface area contributed by atoms with Crippen molar-refractivity contribution < 1.29 is 13.9 Å². The Morgan fingerprint density at radius 2 is 2.04 bits per heavy atom. The van der Waals surface area contributed by atoms with Crippen molar-refractivity contribution in [3.05, 3.63) is 59.9 Å². The molecule has 0 spiro atoms. The number of carbonyl (C=O) groups is 1. The molecule has 0 radical (unpaired) electrons. The molecule has 1 N–H and O–H groups in total. The molecular weight excluding hydrogens is 297 g/mol. The molecule has 1 aliphatic rings. The fraction of sp³-hybridized carbons (Fsp3) is 0.176. The van der Waals surface area contributed by atoms with Crippen molar-refractivity contribution in [1.29, 1.82) is 0 Å². The number of anilines is 1. The Kier molecular flexibility index (Phi) is 4.23. The maximum atomic E-state index is 13.0. The van der Waals surface area contributed by atoms with Crippen LogP contribution in [0.25, 0.3) is 0 Å². The molecule has 0 bridgehead atoms. The number of hydrogen-bond acceptors (Lipinski definition) is 4. The molecule has 1 amide bonds. The lowest BCUT2D eigenvalue weighted by Crippen LogP contribution is -2.36. The molecule has 118 valence electrons. The maximum absolute atomic E-state index is 13.0. The number of amides is 1. The van der Waals surface area contributed by atoms with Crippen LogP contribution in [0.1, 0.15) is 5.56 Å². The van der Waals surface area contributed by atoms with Crippen LogP contribution in [0, 0.1) is 5.82 Å². The van der Waals surface area contributed by atoms with Crippen molar-refractivity contribution in [3.8, 4) is 5.75 Å². The van der Waals surface area contributed by atoms with Crippen molar-refractivity contribution in [1.82, 2.24) is 4.90 Å². The minimum Gasteiger partial charge on any atom is -0.497 e. The second-order valence-corrected chi connectivity index (χ2v) is 5.10. The van der Waals surface area contributed by atoms with Crippen LogP contribution >= 0.6 is 0 Å². The van der Waals surface area contributed by atoms with Gasteiger partial charge in [-0.05, 0) is 29.8 Å². The highest BCUT2D eigenvalue weighted by atomic mass is 19.1. The average molecular weight is 313 g/mol. The third-order valence-electron chi connectivity index (χ3n) is 3.50. The highest BCUT2D eigenvalue weighted by molar-refractivity contribution is 6.08. The Morgan fingerprint density at radius 3 is 2.78 bits per heavy atom. The number of hydrogen-bond donors (Lipinski definition) is 1. The minimum absolute atomic E-state index is 0.0975. The van der Waals surface area contributed by atoms with Gasteiger partial charge in [0.05, 0.1) is 13.7 Å². The van der Waals surface area contributed by atoms with Crippen molar-refractivity contribution in [2.24, 2.45) is 4.99 Å². The molecule has 3 rings (SSSR count). The summed E-state index contributed by atoms with van der Waals surface area (Å²) in [6, 6.07) is 13.4. The molecule has 6 heteroatoms. The molecule has 2 aromatic rings. The quantitative estimate of drug-likeness (QED) is 0.944. The zero-order chi connectivity index (χ0) is 16.2. The van der Waals surface area contributed by atoms with E-state index < -0.39 is 0 Å². The van der Waals surface area contributed by atoms with E-state index in [1.165, 1.54) is 12.1 Å². The Hall–Kier alpha value is -2.89. The Bertz CT molecular complexity index is 744. The lowest BCUT2D eigenvalue weighted by atomic mass is 10.2. The van der Waals surface area contributed by atoms with E-state index in [1.54, 1.807) is 24.1 Å². The number of nitrogens with one attached hydrogen (secondary N) is 1. The fourth-order valence-corrected chi connectivity index (χ4v) is 2.30. The number of methoxy groups -OCH3 is 1. The Labute approximate surface area is 133 Å². The second-order valence-electron chi connectivity index (χ2n) is 5.10. The van der Waals surface area contributed by atoms with Gasteiger partial charge in [0.1, 0.15) is 18.1 Å². The van der Waals surface area contributed by atoms with Gasteiger partial charge < -0.3 is 10.1 Å². The fourth-order valence-electron chi connectivity index (χ4n) is 2.30. The van der Waals surface area contributed by atoms with E-state index in [9.17, 15) is 9.18 Å². The van der Waals surface area contributed by atoms with Crippen LogP contribution in [0.4, 0.5) is 10.1 Å². The van der Waals surface area contributed by atoms with Crippen LogP contribution in [-0.2, 0) is 11.3 Å². The molecule has 0 aliphatic carbocycles. The predicted molar refractivity (Wildman–Crippen MR) is 85.9 cm³/mol. The number of benzene rings is 2. The van der Waals surface area contributed by atoms with Gasteiger partial charge in [0.15, 0.2) is 0 Å². The van der Waals surface area contributed by atoms with Gasteiger partial charge >= 0.3 is 0 Å². The Balaban J connectivity index is 1.75. The molecule has 0 saturated carbocycles. The van der Waals surface area contributed by atoms with Crippen LogP contribution in [0.3, 0.4) is 0 Å². The average Bonchev–Trinajstić information content (AvgIpc) is 2.90. The number of carbonyl (C=O) groups excluding carboxylic acids is 1. The first-order valence-electron chi connectivity index (χ1n) is 7.16. The molecule has 5 nitrogen and oxygen atoms in total. The monoisotopic (exact) mass is 313 g/mol. The van der Waals surface area contributed by atoms with E-state index >= 15 is 0 Å². The number of guanidine groups is 1. The summed E-state index contributed by atoms with van der Waals surface area (Å²) in [4.78, 5) is 17.8. The molecule has 2 aromatic carbocycles. The maximum Gasteiger partial charge on any atom is 0.251 e. The van der Waals surface area contributed by atoms with Gasteiger partial charge in [-0.25, -0.2) is 9.38 Å². The normalized spacial score (nSPS) is 13.9. The van der Waals surface area contributed by atoms with Crippen LogP contribution in [0.15, 0.2) is 53.5 Å². The van der Waals surface area contributed by atoms with Gasteiger partial charge in [0.25, 0.3) is 5.91 Å². The van der Waals surface area contributed by atoms with E-state index in [0.717, 1.165) is 11.3 Å². The van der Waals surface area contributed by atoms with Gasteiger partial charge in [-0.1, -0.05) is 18.2 Å². The van der Waals surface area contributed by atoms with Crippen molar-refractivity contribution in [2.45, 2.75) is 6.54 Å². The van der Waals surface area contributed by atoms with Crippen LogP contribution in [-0.4, -0.2) is 30.4 Å². The van der Waals surface area contributed by atoms with Crippen molar-refractivity contribution >= 4 is 17.6 Å². The second kappa shape index (κ2) is 6.48. The van der Waals surface area contributed by atoms with E-state index in [0.29, 0.717) is 18.3 Å². The number of aliphatic imine (C=N–C) groups is 1. The van der Waals surface area contributed by atoms with E-state index in [-0.39, 0.29) is 18.3 Å². The predicted octanol–water partition coefficient (Wildman–Crippen LogP) is 2.64. The summed E-state index contributed by atoms with van der Waals surface area (Å²) in [5.41, 5.74) is 1.61. The van der Waals surface area contributed by atoms with Gasteiger partial charge in [-0.3, -0.25) is 9.69 Å². The van der Waals surface area contributed by atoms with Crippen molar-refractivity contribution in [3.63, 3.8) is 0 Å². The van der Waals surface area contributed by atoms with E-state index in [4.69, 9.17) is 4.74 Å². The minimum atomic E-state index is -0.301. The highest BCUT2D eigenvalue weighted by Crippen LogP contribution is 2.19. The summed E-state index contributed by atoms with van der Waals surface area (Å²) in [6.45, 7) is 0.447. The summed E-state index contributed by atoms with van der Waals surface area (Å²) in [5, 5.41) is 3.13. The zero-order valence-corrected chi connectivity index (χ0v) is 12.6. The van der Waals surface area contributed by atoms with E-state index in [1.807, 2.05) is 24.3 Å². The molecule has 1 aliphatic heterocycles.